The molecule has 0 fully saturated rings. The average molecular weight is 357 g/mol. The molecule has 1 aliphatic heterocycles. The van der Waals surface area contributed by atoms with Gasteiger partial charge >= 0.3 is 6.36 Å². The van der Waals surface area contributed by atoms with Crippen molar-refractivity contribution in [2.75, 3.05) is 0 Å². The SMILES string of the molecule is CC(=O)c1cccc(C2Cc3cc(OC(F)(F)F)c(Cl)cc3O2)c1. The topological polar surface area (TPSA) is 35.5 Å². The van der Waals surface area contributed by atoms with Gasteiger partial charge in [0.15, 0.2) is 5.78 Å². The van der Waals surface area contributed by atoms with E-state index >= 15 is 0 Å². The predicted molar refractivity (Wildman–Crippen MR) is 81.7 cm³/mol. The van der Waals surface area contributed by atoms with Gasteiger partial charge in [0.25, 0.3) is 0 Å². The van der Waals surface area contributed by atoms with Crippen molar-refractivity contribution in [3.63, 3.8) is 0 Å². The number of hydrogen-bond donors (Lipinski definition) is 0. The minimum Gasteiger partial charge on any atom is -0.485 e. The van der Waals surface area contributed by atoms with Crippen LogP contribution in [0.15, 0.2) is 36.4 Å². The Morgan fingerprint density at radius 3 is 2.71 bits per heavy atom. The van der Waals surface area contributed by atoms with E-state index in [1.807, 2.05) is 0 Å². The van der Waals surface area contributed by atoms with Gasteiger partial charge < -0.3 is 9.47 Å². The Balaban J connectivity index is 1.87. The van der Waals surface area contributed by atoms with Gasteiger partial charge in [-0.15, -0.1) is 13.2 Å². The number of rotatable bonds is 3. The van der Waals surface area contributed by atoms with Crippen molar-refractivity contribution >= 4 is 17.4 Å². The van der Waals surface area contributed by atoms with E-state index in [1.165, 1.54) is 19.1 Å². The molecule has 1 heterocycles. The number of halogens is 4. The smallest absolute Gasteiger partial charge is 0.485 e. The highest BCUT2D eigenvalue weighted by Crippen LogP contribution is 2.43. The van der Waals surface area contributed by atoms with Crippen LogP contribution < -0.4 is 9.47 Å². The number of benzene rings is 2. The molecule has 1 aliphatic rings. The molecule has 2 aromatic rings. The van der Waals surface area contributed by atoms with Crippen LogP contribution in [0.25, 0.3) is 0 Å². The molecular formula is C17H12ClF3O3. The number of ether oxygens (including phenoxy) is 2. The first-order valence-electron chi connectivity index (χ1n) is 7.08. The molecule has 0 spiro atoms. The van der Waals surface area contributed by atoms with E-state index in [9.17, 15) is 18.0 Å². The highest BCUT2D eigenvalue weighted by Gasteiger charge is 2.34. The second-order valence-electron chi connectivity index (χ2n) is 5.43. The monoisotopic (exact) mass is 356 g/mol. The Hall–Kier alpha value is -2.21. The van der Waals surface area contributed by atoms with Crippen molar-refractivity contribution in [3.8, 4) is 11.5 Å². The number of hydrogen-bond acceptors (Lipinski definition) is 3. The van der Waals surface area contributed by atoms with E-state index in [4.69, 9.17) is 16.3 Å². The van der Waals surface area contributed by atoms with Crippen molar-refractivity contribution in [2.45, 2.75) is 25.8 Å². The molecule has 0 radical (unpaired) electrons. The Bertz CT molecular complexity index is 802. The van der Waals surface area contributed by atoms with Gasteiger partial charge in [-0.05, 0) is 24.6 Å². The molecule has 3 nitrogen and oxygen atoms in total. The van der Waals surface area contributed by atoms with Crippen molar-refractivity contribution < 1.29 is 27.4 Å². The zero-order chi connectivity index (χ0) is 17.5. The fourth-order valence-corrected chi connectivity index (χ4v) is 2.78. The fraction of sp³-hybridized carbons (Fsp3) is 0.235. The molecule has 24 heavy (non-hydrogen) atoms. The number of carbonyl (C=O) groups is 1. The number of fused-ring (bicyclic) bond motifs is 1. The quantitative estimate of drug-likeness (QED) is 0.716. The first kappa shape index (κ1) is 16.6. The number of ketones is 1. The molecule has 126 valence electrons. The first-order chi connectivity index (χ1) is 11.2. The zero-order valence-corrected chi connectivity index (χ0v) is 13.2. The lowest BCUT2D eigenvalue weighted by Gasteiger charge is -2.12. The molecule has 0 amide bonds. The summed E-state index contributed by atoms with van der Waals surface area (Å²) in [5, 5.41) is -0.177. The summed E-state index contributed by atoms with van der Waals surface area (Å²) in [5.41, 5.74) is 1.89. The molecule has 3 rings (SSSR count). The summed E-state index contributed by atoms with van der Waals surface area (Å²) < 4.78 is 46.9. The van der Waals surface area contributed by atoms with Gasteiger partial charge in [0, 0.05) is 23.6 Å². The van der Waals surface area contributed by atoms with Gasteiger partial charge in [-0.2, -0.15) is 0 Å². The minimum absolute atomic E-state index is 0.0729. The van der Waals surface area contributed by atoms with E-state index in [-0.39, 0.29) is 10.8 Å². The second-order valence-corrected chi connectivity index (χ2v) is 5.84. The van der Waals surface area contributed by atoms with Crippen molar-refractivity contribution in [1.82, 2.24) is 0 Å². The maximum atomic E-state index is 12.4. The number of Topliss-reactive ketones (excluding diaryl/α,β-unsaturated/α-hetero) is 1. The Morgan fingerprint density at radius 1 is 1.29 bits per heavy atom. The summed E-state index contributed by atoms with van der Waals surface area (Å²) in [4.78, 5) is 11.5. The molecule has 0 N–H and O–H groups in total. The lowest BCUT2D eigenvalue weighted by molar-refractivity contribution is -0.274. The summed E-state index contributed by atoms with van der Waals surface area (Å²) in [6.45, 7) is 1.46. The molecule has 1 atom stereocenters. The minimum atomic E-state index is -4.81. The summed E-state index contributed by atoms with van der Waals surface area (Å²) in [5.74, 6) is -0.117. The molecule has 0 saturated heterocycles. The van der Waals surface area contributed by atoms with Crippen LogP contribution in [0.4, 0.5) is 13.2 Å². The molecular weight excluding hydrogens is 345 g/mol. The maximum Gasteiger partial charge on any atom is 0.573 e. The van der Waals surface area contributed by atoms with Gasteiger partial charge in [-0.25, -0.2) is 0 Å². The number of carbonyl (C=O) groups excluding carboxylic acids is 1. The standard InChI is InChI=1S/C17H12ClF3O3/c1-9(22)10-3-2-4-11(5-10)14-6-12-7-16(24-17(19,20)21)13(18)8-15(12)23-14/h2-5,7-8,14H,6H2,1H3. The van der Waals surface area contributed by atoms with Crippen LogP contribution in [0.2, 0.25) is 5.02 Å². The summed E-state index contributed by atoms with van der Waals surface area (Å²) >= 11 is 5.82. The molecule has 0 saturated carbocycles. The van der Waals surface area contributed by atoms with E-state index in [2.05, 4.69) is 4.74 Å². The van der Waals surface area contributed by atoms with E-state index < -0.39 is 18.2 Å². The summed E-state index contributed by atoms with van der Waals surface area (Å²) in [7, 11) is 0. The molecule has 0 aromatic heterocycles. The van der Waals surface area contributed by atoms with Crippen molar-refractivity contribution in [2.24, 2.45) is 0 Å². The summed E-state index contributed by atoms with van der Waals surface area (Å²) in [6, 6.07) is 9.50. The predicted octanol–water partition coefficient (Wildman–Crippen LogP) is 5.12. The van der Waals surface area contributed by atoms with Crippen molar-refractivity contribution in [1.29, 1.82) is 0 Å². The maximum absolute atomic E-state index is 12.4. The molecule has 0 aliphatic carbocycles. The van der Waals surface area contributed by atoms with Gasteiger partial charge in [-0.3, -0.25) is 4.79 Å². The summed E-state index contributed by atoms with van der Waals surface area (Å²) in [6.07, 6.45) is -4.84. The van der Waals surface area contributed by atoms with Gasteiger partial charge in [0.1, 0.15) is 17.6 Å². The molecule has 7 heteroatoms. The first-order valence-corrected chi connectivity index (χ1v) is 7.46. The average Bonchev–Trinajstić information content (AvgIpc) is 2.89. The van der Waals surface area contributed by atoms with Gasteiger partial charge in [0.2, 0.25) is 0 Å². The van der Waals surface area contributed by atoms with Crippen LogP contribution in [0.3, 0.4) is 0 Å². The van der Waals surface area contributed by atoms with Gasteiger partial charge in [-0.1, -0.05) is 29.8 Å². The fourth-order valence-electron chi connectivity index (χ4n) is 2.59. The lowest BCUT2D eigenvalue weighted by Crippen LogP contribution is -2.17. The second kappa shape index (κ2) is 6.02. The zero-order valence-electron chi connectivity index (χ0n) is 12.5. The third kappa shape index (κ3) is 3.48. The normalized spacial score (nSPS) is 16.5. The van der Waals surface area contributed by atoms with Crippen molar-refractivity contribution in [3.05, 3.63) is 58.1 Å². The van der Waals surface area contributed by atoms with E-state index in [0.717, 1.165) is 5.56 Å². The van der Waals surface area contributed by atoms with Crippen LogP contribution in [0, 0.1) is 0 Å². The van der Waals surface area contributed by atoms with E-state index in [1.54, 1.807) is 24.3 Å². The molecule has 0 bridgehead atoms. The highest BCUT2D eigenvalue weighted by molar-refractivity contribution is 6.32. The third-order valence-corrected chi connectivity index (χ3v) is 3.98. The molecule has 1 unspecified atom stereocenters. The Kier molecular flexibility index (Phi) is 4.17. The van der Waals surface area contributed by atoms with Gasteiger partial charge in [0.05, 0.1) is 5.02 Å². The van der Waals surface area contributed by atoms with Crippen LogP contribution in [-0.4, -0.2) is 12.1 Å². The van der Waals surface area contributed by atoms with Crippen LogP contribution in [0.1, 0.15) is 34.5 Å². The third-order valence-electron chi connectivity index (χ3n) is 3.68. The number of alkyl halides is 3. The lowest BCUT2D eigenvalue weighted by atomic mass is 10.0. The Labute approximate surface area is 140 Å². The van der Waals surface area contributed by atoms with Crippen LogP contribution in [-0.2, 0) is 6.42 Å². The Morgan fingerprint density at radius 2 is 2.04 bits per heavy atom. The van der Waals surface area contributed by atoms with Crippen LogP contribution in [0.5, 0.6) is 11.5 Å². The van der Waals surface area contributed by atoms with E-state index in [0.29, 0.717) is 23.3 Å². The molecule has 2 aromatic carbocycles. The highest BCUT2D eigenvalue weighted by atomic mass is 35.5. The largest absolute Gasteiger partial charge is 0.573 e. The van der Waals surface area contributed by atoms with Crippen LogP contribution >= 0.6 is 11.6 Å².